The lowest BCUT2D eigenvalue weighted by atomic mass is 10.0. The average Bonchev–Trinajstić information content (AvgIpc) is 2.60. The van der Waals surface area contributed by atoms with E-state index in [9.17, 15) is 14.9 Å². The molecule has 134 valence electrons. The number of rotatable bonds is 7. The van der Waals surface area contributed by atoms with Crippen LogP contribution in [0.25, 0.3) is 0 Å². The Hall–Kier alpha value is -2.80. The number of nitro benzene ring substituents is 1. The number of aromatic nitrogens is 1. The van der Waals surface area contributed by atoms with Gasteiger partial charge in [-0.25, -0.2) is 4.79 Å². The maximum atomic E-state index is 11.1. The number of hydrogen-bond donors (Lipinski definition) is 2. The van der Waals surface area contributed by atoms with Crippen LogP contribution in [0.2, 0.25) is 0 Å². The smallest absolute Gasteiger partial charge is 0.335 e. The molecule has 0 atom stereocenters. The second kappa shape index (κ2) is 10.9. The average molecular weight is 346 g/mol. The molecular weight excluding hydrogens is 324 g/mol. The van der Waals surface area contributed by atoms with Gasteiger partial charge in [-0.05, 0) is 50.8 Å². The number of aryl methyl sites for hydroxylation is 2. The van der Waals surface area contributed by atoms with Gasteiger partial charge in [0.05, 0.1) is 10.5 Å². The fraction of sp³-hybridized carbons (Fsp3) is 0.333. The summed E-state index contributed by atoms with van der Waals surface area (Å²) in [6.45, 7) is 1.93. The van der Waals surface area contributed by atoms with E-state index >= 15 is 0 Å². The summed E-state index contributed by atoms with van der Waals surface area (Å²) in [6.07, 6.45) is 4.76. The lowest BCUT2D eigenvalue weighted by Crippen LogP contribution is -2.02. The van der Waals surface area contributed by atoms with E-state index in [0.717, 1.165) is 31.0 Å². The summed E-state index contributed by atoms with van der Waals surface area (Å²) in [4.78, 5) is 25.6. The van der Waals surface area contributed by atoms with Gasteiger partial charge in [0.25, 0.3) is 5.69 Å². The summed E-state index contributed by atoms with van der Waals surface area (Å²) in [6, 6.07) is 9.79. The van der Waals surface area contributed by atoms with Crippen molar-refractivity contribution in [2.75, 3.05) is 6.61 Å². The minimum Gasteiger partial charge on any atom is -0.478 e. The third-order valence-electron chi connectivity index (χ3n) is 3.38. The number of carbonyl (C=O) groups is 1. The third kappa shape index (κ3) is 7.09. The van der Waals surface area contributed by atoms with E-state index in [0.29, 0.717) is 12.0 Å². The van der Waals surface area contributed by atoms with Crippen LogP contribution < -0.4 is 0 Å². The van der Waals surface area contributed by atoms with Crippen molar-refractivity contribution in [3.63, 3.8) is 0 Å². The van der Waals surface area contributed by atoms with Gasteiger partial charge in [-0.15, -0.1) is 0 Å². The molecule has 0 spiro atoms. The molecule has 0 saturated heterocycles. The van der Waals surface area contributed by atoms with Gasteiger partial charge >= 0.3 is 5.97 Å². The highest BCUT2D eigenvalue weighted by Crippen LogP contribution is 2.22. The van der Waals surface area contributed by atoms with Crippen LogP contribution in [0.1, 0.15) is 41.4 Å². The van der Waals surface area contributed by atoms with Crippen LogP contribution in [-0.2, 0) is 12.8 Å². The number of carboxylic acid groups (broad SMARTS) is 1. The first-order valence-electron chi connectivity index (χ1n) is 8.01. The van der Waals surface area contributed by atoms with Crippen LogP contribution in [0.5, 0.6) is 0 Å². The van der Waals surface area contributed by atoms with Gasteiger partial charge in [0.1, 0.15) is 0 Å². The molecule has 0 radical (unpaired) electrons. The van der Waals surface area contributed by atoms with E-state index in [1.165, 1.54) is 12.1 Å². The van der Waals surface area contributed by atoms with Gasteiger partial charge in [0, 0.05) is 30.1 Å². The van der Waals surface area contributed by atoms with Gasteiger partial charge in [-0.3, -0.25) is 15.1 Å². The van der Waals surface area contributed by atoms with Crippen molar-refractivity contribution in [1.29, 1.82) is 0 Å². The zero-order chi connectivity index (χ0) is 18.7. The minimum atomic E-state index is -1.16. The monoisotopic (exact) mass is 346 g/mol. The van der Waals surface area contributed by atoms with Crippen LogP contribution in [0.15, 0.2) is 42.6 Å². The fourth-order valence-corrected chi connectivity index (χ4v) is 2.25. The lowest BCUT2D eigenvalue weighted by Gasteiger charge is -2.04. The Balaban J connectivity index is 0.000000970. The van der Waals surface area contributed by atoms with Crippen LogP contribution in [-0.4, -0.2) is 32.7 Å². The van der Waals surface area contributed by atoms with Crippen LogP contribution >= 0.6 is 0 Å². The van der Waals surface area contributed by atoms with Crippen molar-refractivity contribution in [3.8, 4) is 0 Å². The molecule has 0 fully saturated rings. The molecule has 1 aromatic heterocycles. The zero-order valence-corrected chi connectivity index (χ0v) is 14.1. The van der Waals surface area contributed by atoms with Gasteiger partial charge in [0.15, 0.2) is 0 Å². The summed E-state index contributed by atoms with van der Waals surface area (Å²) in [5, 5.41) is 27.5. The highest BCUT2D eigenvalue weighted by atomic mass is 16.6. The molecule has 7 nitrogen and oxygen atoms in total. The number of nitro groups is 1. The normalized spacial score (nSPS) is 9.84. The zero-order valence-electron chi connectivity index (χ0n) is 14.1. The van der Waals surface area contributed by atoms with Gasteiger partial charge in [-0.2, -0.15) is 0 Å². The first-order valence-corrected chi connectivity index (χ1v) is 8.01. The molecule has 2 rings (SSSR count). The van der Waals surface area contributed by atoms with Crippen LogP contribution in [0.3, 0.4) is 0 Å². The molecule has 0 bridgehead atoms. The summed E-state index contributed by atoms with van der Waals surface area (Å²) in [5.41, 5.74) is 1.37. The molecule has 2 aromatic rings. The first kappa shape index (κ1) is 20.2. The number of aliphatic hydroxyl groups excluding tert-OH is 1. The summed E-state index contributed by atoms with van der Waals surface area (Å²) in [7, 11) is 0. The number of unbranched alkanes of at least 4 members (excludes halogenated alkanes) is 1. The van der Waals surface area contributed by atoms with E-state index in [4.69, 9.17) is 10.2 Å². The Morgan fingerprint density at radius 2 is 1.88 bits per heavy atom. The SMILES string of the molecule is CCO.O=C(O)c1ccc(CCCCc2ccccn2)c([N+](=O)[O-])c1. The molecule has 0 saturated carbocycles. The molecule has 0 aliphatic rings. The first-order chi connectivity index (χ1) is 12.0. The highest BCUT2D eigenvalue weighted by Gasteiger charge is 2.16. The second-order valence-electron chi connectivity index (χ2n) is 5.25. The van der Waals surface area contributed by atoms with E-state index < -0.39 is 10.9 Å². The molecular formula is C18H22N2O5. The van der Waals surface area contributed by atoms with E-state index in [-0.39, 0.29) is 17.9 Å². The number of hydrogen-bond acceptors (Lipinski definition) is 5. The summed E-state index contributed by atoms with van der Waals surface area (Å²) >= 11 is 0. The molecule has 0 aliphatic carbocycles. The molecule has 0 aliphatic heterocycles. The van der Waals surface area contributed by atoms with Crippen molar-refractivity contribution in [3.05, 3.63) is 69.5 Å². The van der Waals surface area contributed by atoms with E-state index in [1.807, 2.05) is 18.2 Å². The lowest BCUT2D eigenvalue weighted by molar-refractivity contribution is -0.385. The van der Waals surface area contributed by atoms with Gasteiger partial charge < -0.3 is 10.2 Å². The predicted octanol–water partition coefficient (Wildman–Crippen LogP) is 3.25. The third-order valence-corrected chi connectivity index (χ3v) is 3.38. The Kier molecular flexibility index (Phi) is 8.81. The summed E-state index contributed by atoms with van der Waals surface area (Å²) < 4.78 is 0. The molecule has 0 unspecified atom stereocenters. The molecule has 2 N–H and O–H groups in total. The highest BCUT2D eigenvalue weighted by molar-refractivity contribution is 5.88. The van der Waals surface area contributed by atoms with Crippen molar-refractivity contribution < 1.29 is 19.9 Å². The van der Waals surface area contributed by atoms with Crippen molar-refractivity contribution in [2.45, 2.75) is 32.6 Å². The van der Waals surface area contributed by atoms with Gasteiger partial charge in [-0.1, -0.05) is 12.1 Å². The topological polar surface area (TPSA) is 114 Å². The van der Waals surface area contributed by atoms with E-state index in [2.05, 4.69) is 4.98 Å². The largest absolute Gasteiger partial charge is 0.478 e. The number of aromatic carboxylic acids is 1. The van der Waals surface area contributed by atoms with Crippen molar-refractivity contribution in [1.82, 2.24) is 4.98 Å². The van der Waals surface area contributed by atoms with E-state index in [1.54, 1.807) is 13.1 Å². The quantitative estimate of drug-likeness (QED) is 0.452. The Morgan fingerprint density at radius 3 is 2.44 bits per heavy atom. The van der Waals surface area contributed by atoms with Crippen molar-refractivity contribution >= 4 is 11.7 Å². The molecule has 0 amide bonds. The maximum absolute atomic E-state index is 11.1. The molecule has 7 heteroatoms. The Morgan fingerprint density at radius 1 is 1.20 bits per heavy atom. The Bertz CT molecular complexity index is 689. The fourth-order valence-electron chi connectivity index (χ4n) is 2.25. The summed E-state index contributed by atoms with van der Waals surface area (Å²) in [5.74, 6) is -1.16. The molecule has 1 aromatic carbocycles. The number of pyridine rings is 1. The van der Waals surface area contributed by atoms with Gasteiger partial charge in [0.2, 0.25) is 0 Å². The Labute approximate surface area is 146 Å². The number of aliphatic hydroxyl groups is 1. The standard InChI is InChI=1S/C16H16N2O4.C2H6O/c19-16(20)13-9-8-12(15(11-13)18(21)22)5-1-2-6-14-7-3-4-10-17-14;1-2-3/h3-4,7-11H,1-2,5-6H2,(H,19,20);3H,2H2,1H3. The maximum Gasteiger partial charge on any atom is 0.335 e. The second-order valence-corrected chi connectivity index (χ2v) is 5.25. The molecule has 25 heavy (non-hydrogen) atoms. The number of nitrogens with zero attached hydrogens (tertiary/aromatic N) is 2. The predicted molar refractivity (Wildman–Crippen MR) is 93.7 cm³/mol. The van der Waals surface area contributed by atoms with Crippen LogP contribution in [0, 0.1) is 10.1 Å². The van der Waals surface area contributed by atoms with Crippen molar-refractivity contribution in [2.24, 2.45) is 0 Å². The number of benzene rings is 1. The number of carboxylic acids is 1. The molecule has 1 heterocycles. The van der Waals surface area contributed by atoms with Crippen LogP contribution in [0.4, 0.5) is 5.69 Å². The minimum absolute atomic E-state index is 0.0658.